The van der Waals surface area contributed by atoms with Crippen LogP contribution in [0.4, 0.5) is 11.4 Å². The van der Waals surface area contributed by atoms with E-state index in [1.165, 1.54) is 12.8 Å². The van der Waals surface area contributed by atoms with Gasteiger partial charge in [0.25, 0.3) is 0 Å². The third kappa shape index (κ3) is 8.34. The van der Waals surface area contributed by atoms with Gasteiger partial charge in [-0.05, 0) is 97.9 Å². The molecule has 6 unspecified atom stereocenters. The summed E-state index contributed by atoms with van der Waals surface area (Å²) in [5.41, 5.74) is 1.42. The van der Waals surface area contributed by atoms with Crippen LogP contribution in [0, 0.1) is 23.2 Å². The van der Waals surface area contributed by atoms with Crippen LogP contribution in [0.1, 0.15) is 55.2 Å². The molecular formula is C50H51Cl2N2O9P. The van der Waals surface area contributed by atoms with Crippen molar-refractivity contribution in [3.8, 4) is 0 Å². The van der Waals surface area contributed by atoms with Crippen LogP contribution in [0.3, 0.4) is 0 Å². The number of carbonyl (C=O) groups is 2. The minimum atomic E-state index is -4.04. The van der Waals surface area contributed by atoms with Gasteiger partial charge >= 0.3 is 19.5 Å². The Hall–Kier alpha value is -4.45. The van der Waals surface area contributed by atoms with Crippen molar-refractivity contribution in [2.75, 3.05) is 24.6 Å². The zero-order valence-electron chi connectivity index (χ0n) is 35.3. The van der Waals surface area contributed by atoms with Crippen LogP contribution in [0.15, 0.2) is 127 Å². The molecule has 2 bridgehead atoms. The molecule has 2 aliphatic heterocycles. The number of rotatable bonds is 16. The Balaban J connectivity index is 0.917. The van der Waals surface area contributed by atoms with Gasteiger partial charge in [0.1, 0.15) is 24.1 Å². The number of hydrogen-bond donors (Lipinski definition) is 2. The van der Waals surface area contributed by atoms with Gasteiger partial charge in [-0.25, -0.2) is 0 Å². The van der Waals surface area contributed by atoms with E-state index in [0.717, 1.165) is 30.6 Å². The van der Waals surface area contributed by atoms with Gasteiger partial charge in [0.05, 0.1) is 46.4 Å². The van der Waals surface area contributed by atoms with Crippen molar-refractivity contribution in [1.29, 1.82) is 0 Å². The quantitative estimate of drug-likeness (QED) is 0.0822. The summed E-state index contributed by atoms with van der Waals surface area (Å²) < 4.78 is 45.8. The Kier molecular flexibility index (Phi) is 12.0. The minimum Gasteiger partial charge on any atom is -0.486 e. The highest BCUT2D eigenvalue weighted by Gasteiger charge is 2.77. The fourth-order valence-electron chi connectivity index (χ4n) is 11.1. The molecule has 4 aromatic carbocycles. The number of ether oxygens (including phenoxy) is 3. The summed E-state index contributed by atoms with van der Waals surface area (Å²) in [5, 5.41) is 17.4. The van der Waals surface area contributed by atoms with Gasteiger partial charge in [-0.15, -0.1) is 0 Å². The SMILES string of the molecule is O=C(Cc1ccccc1Nc1c(Cl)cccc1Cl)OC1=C2OC3C(OC(=O)CP(=O)(OCc4ccccc4)OCc4ccccc4)CC[C@@]4(O)C5CC(C=C1)C2C34CCN5CC1CC1. The molecule has 2 N–H and O–H groups in total. The van der Waals surface area contributed by atoms with Crippen molar-refractivity contribution < 1.29 is 42.5 Å². The summed E-state index contributed by atoms with van der Waals surface area (Å²) in [6.07, 6.45) is 6.16. The number of para-hydroxylation sites is 2. The number of nitrogens with one attached hydrogen (secondary N) is 1. The lowest BCUT2D eigenvalue weighted by Crippen LogP contribution is -2.77. The number of esters is 2. The molecule has 10 rings (SSSR count). The lowest BCUT2D eigenvalue weighted by Gasteiger charge is -2.66. The standard InChI is InChI=1S/C50H51Cl2N2O9P/c51-37-15-9-16-38(52)46(37)53-39-17-8-7-14-35(39)27-43(55)61-40-21-20-36-26-42-50(57)23-22-41(48-49(50,45(36)47(40)63-48)24-25-54(42)28-32-18-19-32)62-44(56)31-64(58,59-29-33-10-3-1-4-11-33)60-30-34-12-5-2-6-13-34/h1-17,20-21,32,36,41-42,45,48,53,57H,18-19,22-31H2/t36?,41?,42?,45?,48?,49?,50-/m1/s1. The molecule has 1 spiro atoms. The Morgan fingerprint density at radius 1 is 0.844 bits per heavy atom. The summed E-state index contributed by atoms with van der Waals surface area (Å²) in [4.78, 5) is 30.5. The highest BCUT2D eigenvalue weighted by molar-refractivity contribution is 7.54. The van der Waals surface area contributed by atoms with E-state index in [4.69, 9.17) is 46.5 Å². The van der Waals surface area contributed by atoms with Crippen molar-refractivity contribution >= 4 is 54.1 Å². The molecule has 14 heteroatoms. The number of benzene rings is 4. The number of carbonyl (C=O) groups excluding carboxylic acids is 2. The number of anilines is 2. The highest BCUT2D eigenvalue weighted by atomic mass is 35.5. The third-order valence-electron chi connectivity index (χ3n) is 14.2. The molecule has 0 aromatic heterocycles. The Morgan fingerprint density at radius 3 is 2.20 bits per heavy atom. The number of piperidine rings is 1. The van der Waals surface area contributed by atoms with Gasteiger partial charge < -0.3 is 33.7 Å². The maximum absolute atomic E-state index is 14.4. The fraction of sp³-hybridized carbons (Fsp3) is 0.400. The van der Waals surface area contributed by atoms with Gasteiger partial charge in [0, 0.05) is 24.2 Å². The van der Waals surface area contributed by atoms with E-state index in [1.54, 1.807) is 18.2 Å². The predicted octanol–water partition coefficient (Wildman–Crippen LogP) is 10.2. The van der Waals surface area contributed by atoms with Crippen molar-refractivity contribution in [1.82, 2.24) is 4.90 Å². The second-order valence-electron chi connectivity index (χ2n) is 18.1. The number of likely N-dealkylation sites (tertiary alicyclic amines) is 1. The van der Waals surface area contributed by atoms with E-state index in [9.17, 15) is 19.3 Å². The van der Waals surface area contributed by atoms with E-state index in [2.05, 4.69) is 16.3 Å². The van der Waals surface area contributed by atoms with Crippen LogP contribution < -0.4 is 5.32 Å². The van der Waals surface area contributed by atoms with Crippen molar-refractivity contribution in [3.05, 3.63) is 154 Å². The second kappa shape index (κ2) is 17.7. The molecule has 6 aliphatic rings. The van der Waals surface area contributed by atoms with Crippen LogP contribution in [0.25, 0.3) is 0 Å². The number of allylic oxidation sites excluding steroid dienone is 3. The fourth-order valence-corrected chi connectivity index (χ4v) is 12.9. The molecule has 334 valence electrons. The highest BCUT2D eigenvalue weighted by Crippen LogP contribution is 2.70. The van der Waals surface area contributed by atoms with E-state index in [-0.39, 0.29) is 43.3 Å². The first-order chi connectivity index (χ1) is 31.0. The predicted molar refractivity (Wildman–Crippen MR) is 243 cm³/mol. The molecule has 0 amide bonds. The minimum absolute atomic E-state index is 0.00697. The molecular weight excluding hydrogens is 874 g/mol. The average molecular weight is 926 g/mol. The molecule has 7 atom stereocenters. The first kappa shape index (κ1) is 43.4. The Labute approximate surface area is 383 Å². The summed E-state index contributed by atoms with van der Waals surface area (Å²) in [6, 6.07) is 31.1. The van der Waals surface area contributed by atoms with Crippen LogP contribution in [0.5, 0.6) is 0 Å². The third-order valence-corrected chi connectivity index (χ3v) is 16.5. The smallest absolute Gasteiger partial charge is 0.342 e. The Morgan fingerprint density at radius 2 is 1.52 bits per heavy atom. The monoisotopic (exact) mass is 924 g/mol. The van der Waals surface area contributed by atoms with Gasteiger partial charge in [0.2, 0.25) is 0 Å². The van der Waals surface area contributed by atoms with Gasteiger partial charge in [0.15, 0.2) is 5.76 Å². The lowest BCUT2D eigenvalue weighted by atomic mass is 9.44. The van der Waals surface area contributed by atoms with E-state index < -0.39 is 48.9 Å². The van der Waals surface area contributed by atoms with Crippen LogP contribution in [0.2, 0.25) is 10.0 Å². The molecule has 3 saturated carbocycles. The topological polar surface area (TPSA) is 133 Å². The number of halogens is 2. The first-order valence-electron chi connectivity index (χ1n) is 22.2. The van der Waals surface area contributed by atoms with Gasteiger partial charge in [-0.3, -0.25) is 19.1 Å². The lowest BCUT2D eigenvalue weighted by molar-refractivity contribution is -0.269. The molecule has 4 aliphatic carbocycles. The normalized spacial score (nSPS) is 28.0. The summed E-state index contributed by atoms with van der Waals surface area (Å²) >= 11 is 12.9. The average Bonchev–Trinajstić information content (AvgIpc) is 4.04. The number of aliphatic hydroxyl groups is 1. The van der Waals surface area contributed by atoms with Crippen LogP contribution in [-0.4, -0.2) is 65.0 Å². The van der Waals surface area contributed by atoms with Crippen LogP contribution in [-0.2, 0) is 57.0 Å². The molecule has 11 nitrogen and oxygen atoms in total. The maximum Gasteiger partial charge on any atom is 0.342 e. The van der Waals surface area contributed by atoms with E-state index in [1.807, 2.05) is 91.0 Å². The largest absolute Gasteiger partial charge is 0.486 e. The van der Waals surface area contributed by atoms with E-state index in [0.29, 0.717) is 57.9 Å². The molecule has 0 radical (unpaired) electrons. The van der Waals surface area contributed by atoms with Crippen molar-refractivity contribution in [3.63, 3.8) is 0 Å². The molecule has 64 heavy (non-hydrogen) atoms. The molecule has 2 saturated heterocycles. The summed E-state index contributed by atoms with van der Waals surface area (Å²) in [7, 11) is -4.04. The van der Waals surface area contributed by atoms with E-state index >= 15 is 0 Å². The van der Waals surface area contributed by atoms with Crippen LogP contribution >= 0.6 is 30.8 Å². The molecule has 4 aromatic rings. The summed E-state index contributed by atoms with van der Waals surface area (Å²) in [5.74, 6) is -0.150. The Bertz CT molecular complexity index is 2450. The first-order valence-corrected chi connectivity index (χ1v) is 24.7. The second-order valence-corrected chi connectivity index (χ2v) is 20.9. The molecule has 5 fully saturated rings. The van der Waals surface area contributed by atoms with Crippen molar-refractivity contribution in [2.45, 2.75) is 82.0 Å². The maximum atomic E-state index is 14.4. The summed E-state index contributed by atoms with van der Waals surface area (Å²) in [6.45, 7) is 1.66. The van der Waals surface area contributed by atoms with Crippen molar-refractivity contribution in [2.24, 2.45) is 23.2 Å². The zero-order valence-corrected chi connectivity index (χ0v) is 37.7. The number of hydrogen-bond acceptors (Lipinski definition) is 11. The number of nitrogens with zero attached hydrogens (tertiary/aromatic N) is 1. The molecule has 2 heterocycles. The van der Waals surface area contributed by atoms with Gasteiger partial charge in [-0.2, -0.15) is 0 Å². The van der Waals surface area contributed by atoms with Gasteiger partial charge in [-0.1, -0.05) is 114 Å². The zero-order chi connectivity index (χ0) is 44.1.